The van der Waals surface area contributed by atoms with Crippen LogP contribution in [-0.2, 0) is 6.18 Å². The average molecular weight is 346 g/mol. The largest absolute Gasteiger partial charge is 0.433 e. The van der Waals surface area contributed by atoms with Crippen molar-refractivity contribution in [2.45, 2.75) is 13.1 Å². The molecule has 0 bridgehead atoms. The van der Waals surface area contributed by atoms with E-state index < -0.39 is 17.8 Å². The molecule has 0 fully saturated rings. The first-order chi connectivity index (χ1) is 10.7. The predicted molar refractivity (Wildman–Crippen MR) is 78.0 cm³/mol. The van der Waals surface area contributed by atoms with Crippen LogP contribution in [0.2, 0.25) is 5.02 Å². The number of aryl methyl sites for hydroxylation is 1. The highest BCUT2D eigenvalue weighted by molar-refractivity contribution is 6.30. The van der Waals surface area contributed by atoms with E-state index >= 15 is 0 Å². The molecule has 2 rings (SSSR count). The Labute approximate surface area is 134 Å². The first-order valence-corrected chi connectivity index (χ1v) is 6.66. The number of hydroxylamine groups is 1. The van der Waals surface area contributed by atoms with Crippen LogP contribution in [0.3, 0.4) is 0 Å². The summed E-state index contributed by atoms with van der Waals surface area (Å²) in [5.74, 6) is -1.34. The molecule has 0 aliphatic heterocycles. The van der Waals surface area contributed by atoms with Gasteiger partial charge >= 0.3 is 6.18 Å². The Morgan fingerprint density at radius 1 is 1.26 bits per heavy atom. The SMILES string of the molecule is Cc1ccc(Cl)cc1Nc1nc(C(F)(F)F)ccc1C(=O)NO. The van der Waals surface area contributed by atoms with E-state index in [0.717, 1.165) is 6.07 Å². The minimum absolute atomic E-state index is 0.250. The Hall–Kier alpha value is -2.32. The van der Waals surface area contributed by atoms with Gasteiger partial charge in [0.05, 0.1) is 5.56 Å². The summed E-state index contributed by atoms with van der Waals surface area (Å²) in [6.07, 6.45) is -4.67. The normalized spacial score (nSPS) is 11.2. The summed E-state index contributed by atoms with van der Waals surface area (Å²) in [7, 11) is 0. The van der Waals surface area contributed by atoms with Crippen LogP contribution in [0.25, 0.3) is 0 Å². The lowest BCUT2D eigenvalue weighted by molar-refractivity contribution is -0.141. The van der Waals surface area contributed by atoms with E-state index in [2.05, 4.69) is 10.3 Å². The van der Waals surface area contributed by atoms with Gasteiger partial charge in [-0.15, -0.1) is 0 Å². The Bertz CT molecular complexity index is 751. The second-order valence-corrected chi connectivity index (χ2v) is 5.05. The molecule has 0 aliphatic rings. The Morgan fingerprint density at radius 2 is 1.96 bits per heavy atom. The standard InChI is InChI=1S/C14H11ClF3N3O2/c1-7-2-3-8(15)6-10(7)19-12-9(13(22)21-23)4-5-11(20-12)14(16,17)18/h2-6,23H,1H3,(H,19,20)(H,21,22). The minimum atomic E-state index is -4.67. The van der Waals surface area contributed by atoms with Crippen LogP contribution < -0.4 is 10.8 Å². The van der Waals surface area contributed by atoms with Gasteiger partial charge < -0.3 is 5.32 Å². The smallest absolute Gasteiger partial charge is 0.339 e. The fourth-order valence-corrected chi connectivity index (χ4v) is 1.98. The second kappa shape index (κ2) is 6.43. The molecule has 0 unspecified atom stereocenters. The molecule has 1 amide bonds. The molecule has 0 spiro atoms. The Balaban J connectivity index is 2.53. The molecule has 23 heavy (non-hydrogen) atoms. The molecular formula is C14H11ClF3N3O2. The van der Waals surface area contributed by atoms with E-state index in [9.17, 15) is 18.0 Å². The monoisotopic (exact) mass is 345 g/mol. The van der Waals surface area contributed by atoms with Crippen LogP contribution in [0.4, 0.5) is 24.7 Å². The fourth-order valence-electron chi connectivity index (χ4n) is 1.81. The number of anilines is 2. The zero-order valence-electron chi connectivity index (χ0n) is 11.7. The fraction of sp³-hybridized carbons (Fsp3) is 0.143. The predicted octanol–water partition coefficient (Wildman–Crippen LogP) is 3.92. The number of hydrogen-bond acceptors (Lipinski definition) is 4. The number of alkyl halides is 3. The average Bonchev–Trinajstić information content (AvgIpc) is 2.49. The van der Waals surface area contributed by atoms with Gasteiger partial charge in [-0.05, 0) is 36.8 Å². The molecule has 2 aromatic rings. The van der Waals surface area contributed by atoms with Crippen LogP contribution in [0, 0.1) is 6.92 Å². The third kappa shape index (κ3) is 3.91. The van der Waals surface area contributed by atoms with Crippen molar-refractivity contribution in [3.8, 4) is 0 Å². The van der Waals surface area contributed by atoms with Crippen molar-refractivity contribution < 1.29 is 23.2 Å². The molecule has 0 saturated carbocycles. The number of amides is 1. The van der Waals surface area contributed by atoms with Gasteiger partial charge in [0.1, 0.15) is 11.5 Å². The number of carbonyl (C=O) groups excluding carboxylic acids is 1. The summed E-state index contributed by atoms with van der Waals surface area (Å²) >= 11 is 5.86. The summed E-state index contributed by atoms with van der Waals surface area (Å²) in [5.41, 5.74) is 1.01. The van der Waals surface area contributed by atoms with Crippen molar-refractivity contribution in [1.29, 1.82) is 0 Å². The highest BCUT2D eigenvalue weighted by atomic mass is 35.5. The summed E-state index contributed by atoms with van der Waals surface area (Å²) in [6, 6.07) is 6.33. The number of halogens is 4. The van der Waals surface area contributed by atoms with Crippen molar-refractivity contribution in [2.24, 2.45) is 0 Å². The van der Waals surface area contributed by atoms with Crippen molar-refractivity contribution in [3.63, 3.8) is 0 Å². The number of nitrogens with one attached hydrogen (secondary N) is 2. The first-order valence-electron chi connectivity index (χ1n) is 6.28. The number of pyridine rings is 1. The zero-order chi connectivity index (χ0) is 17.2. The molecule has 0 aliphatic carbocycles. The number of carbonyl (C=O) groups is 1. The topological polar surface area (TPSA) is 74.2 Å². The molecule has 0 atom stereocenters. The van der Waals surface area contributed by atoms with Gasteiger partial charge in [-0.1, -0.05) is 17.7 Å². The summed E-state index contributed by atoms with van der Waals surface area (Å²) in [4.78, 5) is 15.0. The maximum Gasteiger partial charge on any atom is 0.433 e. The van der Waals surface area contributed by atoms with Crippen LogP contribution >= 0.6 is 11.6 Å². The second-order valence-electron chi connectivity index (χ2n) is 4.62. The minimum Gasteiger partial charge on any atom is -0.339 e. The van der Waals surface area contributed by atoms with E-state index in [1.54, 1.807) is 19.1 Å². The molecule has 0 radical (unpaired) electrons. The quantitative estimate of drug-likeness (QED) is 0.582. The summed E-state index contributed by atoms with van der Waals surface area (Å²) in [6.45, 7) is 1.71. The van der Waals surface area contributed by atoms with Crippen LogP contribution in [-0.4, -0.2) is 16.1 Å². The lowest BCUT2D eigenvalue weighted by atomic mass is 10.1. The van der Waals surface area contributed by atoms with Gasteiger partial charge in [0.25, 0.3) is 5.91 Å². The Morgan fingerprint density at radius 3 is 2.57 bits per heavy atom. The molecular weight excluding hydrogens is 335 g/mol. The molecule has 122 valence electrons. The molecule has 0 saturated heterocycles. The summed E-state index contributed by atoms with van der Waals surface area (Å²) in [5, 5.41) is 11.7. The van der Waals surface area contributed by atoms with Crippen LogP contribution in [0.5, 0.6) is 0 Å². The maximum atomic E-state index is 12.8. The molecule has 1 aromatic heterocycles. The van der Waals surface area contributed by atoms with Crippen molar-refractivity contribution >= 4 is 29.0 Å². The highest BCUT2D eigenvalue weighted by Crippen LogP contribution is 2.31. The first kappa shape index (κ1) is 17.0. The molecule has 5 nitrogen and oxygen atoms in total. The Kier molecular flexibility index (Phi) is 4.76. The number of aromatic nitrogens is 1. The van der Waals surface area contributed by atoms with Crippen LogP contribution in [0.15, 0.2) is 30.3 Å². The van der Waals surface area contributed by atoms with E-state index in [-0.39, 0.29) is 11.4 Å². The van der Waals surface area contributed by atoms with Crippen molar-refractivity contribution in [1.82, 2.24) is 10.5 Å². The third-order valence-electron chi connectivity index (χ3n) is 2.98. The van der Waals surface area contributed by atoms with Crippen molar-refractivity contribution in [3.05, 3.63) is 52.2 Å². The number of benzene rings is 1. The molecule has 1 aromatic carbocycles. The van der Waals surface area contributed by atoms with Crippen LogP contribution in [0.1, 0.15) is 21.6 Å². The molecule has 9 heteroatoms. The lowest BCUT2D eigenvalue weighted by Gasteiger charge is -2.14. The van der Waals surface area contributed by atoms with Gasteiger partial charge in [-0.3, -0.25) is 10.0 Å². The zero-order valence-corrected chi connectivity index (χ0v) is 12.5. The van der Waals surface area contributed by atoms with E-state index in [1.165, 1.54) is 11.5 Å². The number of hydrogen-bond donors (Lipinski definition) is 3. The summed E-state index contributed by atoms with van der Waals surface area (Å²) < 4.78 is 38.4. The van der Waals surface area contributed by atoms with E-state index in [1.807, 2.05) is 0 Å². The van der Waals surface area contributed by atoms with E-state index in [0.29, 0.717) is 22.3 Å². The lowest BCUT2D eigenvalue weighted by Crippen LogP contribution is -2.21. The maximum absolute atomic E-state index is 12.8. The van der Waals surface area contributed by atoms with Gasteiger partial charge in [0, 0.05) is 10.7 Å². The molecule has 3 N–H and O–H groups in total. The van der Waals surface area contributed by atoms with Gasteiger partial charge in [-0.2, -0.15) is 13.2 Å². The third-order valence-corrected chi connectivity index (χ3v) is 3.22. The number of nitrogens with zero attached hydrogens (tertiary/aromatic N) is 1. The van der Waals surface area contributed by atoms with Gasteiger partial charge in [0.15, 0.2) is 0 Å². The van der Waals surface area contributed by atoms with Gasteiger partial charge in [0.2, 0.25) is 0 Å². The molecule has 1 heterocycles. The highest BCUT2D eigenvalue weighted by Gasteiger charge is 2.33. The van der Waals surface area contributed by atoms with E-state index in [4.69, 9.17) is 16.8 Å². The van der Waals surface area contributed by atoms with Gasteiger partial charge in [-0.25, -0.2) is 10.5 Å². The van der Waals surface area contributed by atoms with Crippen molar-refractivity contribution in [2.75, 3.05) is 5.32 Å². The number of rotatable bonds is 3.